The highest BCUT2D eigenvalue weighted by atomic mass is 16.3. The number of hydrogen-bond acceptors (Lipinski definition) is 5. The molecule has 0 aromatic carbocycles. The van der Waals surface area contributed by atoms with Crippen LogP contribution in [0.25, 0.3) is 0 Å². The molecule has 1 saturated heterocycles. The summed E-state index contributed by atoms with van der Waals surface area (Å²) < 4.78 is 1.79. The first kappa shape index (κ1) is 15.0. The molecule has 0 amide bonds. The lowest BCUT2D eigenvalue weighted by atomic mass is 9.92. The first-order valence-corrected chi connectivity index (χ1v) is 7.54. The third-order valence-corrected chi connectivity index (χ3v) is 4.37. The number of aliphatic hydroxyl groups excluding tert-OH is 1. The van der Waals surface area contributed by atoms with Gasteiger partial charge in [-0.15, -0.1) is 0 Å². The standard InChI is InChI=1S/C16H22N4O2/c1-11-3-4-16(22)15(18-11)9-20-7-13(10-21)14(8-20)12-5-17-19(2)6-12/h3-6,13-14,21-22H,7-10H2,1-2H3/t13-,14-/m0/s1. The van der Waals surface area contributed by atoms with Gasteiger partial charge in [0.05, 0.1) is 11.9 Å². The van der Waals surface area contributed by atoms with Crippen molar-refractivity contribution in [2.24, 2.45) is 13.0 Å². The van der Waals surface area contributed by atoms with Crippen molar-refractivity contribution in [3.63, 3.8) is 0 Å². The number of likely N-dealkylation sites (tertiary alicyclic amines) is 1. The van der Waals surface area contributed by atoms with Gasteiger partial charge in [0.15, 0.2) is 0 Å². The van der Waals surface area contributed by atoms with Crippen LogP contribution in [0.15, 0.2) is 24.5 Å². The van der Waals surface area contributed by atoms with Crippen LogP contribution in [-0.4, -0.2) is 49.6 Å². The Kier molecular flexibility index (Phi) is 4.13. The smallest absolute Gasteiger partial charge is 0.138 e. The van der Waals surface area contributed by atoms with E-state index in [1.54, 1.807) is 16.8 Å². The van der Waals surface area contributed by atoms with Gasteiger partial charge in [-0.2, -0.15) is 5.10 Å². The number of rotatable bonds is 4. The minimum absolute atomic E-state index is 0.156. The minimum atomic E-state index is 0.156. The fourth-order valence-corrected chi connectivity index (χ4v) is 3.22. The van der Waals surface area contributed by atoms with Crippen LogP contribution in [0.4, 0.5) is 0 Å². The van der Waals surface area contributed by atoms with E-state index in [2.05, 4.69) is 15.0 Å². The highest BCUT2D eigenvalue weighted by molar-refractivity contribution is 5.28. The number of pyridine rings is 1. The molecule has 6 nitrogen and oxygen atoms in total. The zero-order valence-corrected chi connectivity index (χ0v) is 13.0. The highest BCUT2D eigenvalue weighted by Crippen LogP contribution is 2.33. The Morgan fingerprint density at radius 3 is 2.82 bits per heavy atom. The van der Waals surface area contributed by atoms with Crippen molar-refractivity contribution in [2.75, 3.05) is 19.7 Å². The Bertz CT molecular complexity index is 655. The second kappa shape index (κ2) is 6.06. The molecule has 1 fully saturated rings. The summed E-state index contributed by atoms with van der Waals surface area (Å²) in [7, 11) is 1.90. The molecule has 2 aromatic rings. The number of nitrogens with zero attached hydrogens (tertiary/aromatic N) is 4. The quantitative estimate of drug-likeness (QED) is 0.882. The molecule has 3 heterocycles. The van der Waals surface area contributed by atoms with Crippen molar-refractivity contribution in [3.8, 4) is 5.75 Å². The molecular formula is C16H22N4O2. The van der Waals surface area contributed by atoms with Gasteiger partial charge in [0.2, 0.25) is 0 Å². The lowest BCUT2D eigenvalue weighted by Gasteiger charge is -2.16. The summed E-state index contributed by atoms with van der Waals surface area (Å²) in [5, 5.41) is 23.8. The fourth-order valence-electron chi connectivity index (χ4n) is 3.22. The van der Waals surface area contributed by atoms with Gasteiger partial charge in [0.1, 0.15) is 5.75 Å². The zero-order valence-electron chi connectivity index (χ0n) is 13.0. The van der Waals surface area contributed by atoms with Crippen molar-refractivity contribution in [1.29, 1.82) is 0 Å². The van der Waals surface area contributed by atoms with Crippen molar-refractivity contribution < 1.29 is 10.2 Å². The monoisotopic (exact) mass is 302 g/mol. The second-order valence-corrected chi connectivity index (χ2v) is 6.11. The molecule has 1 aliphatic heterocycles. The van der Waals surface area contributed by atoms with Gasteiger partial charge in [-0.25, -0.2) is 0 Å². The van der Waals surface area contributed by atoms with Gasteiger partial charge in [-0.05, 0) is 24.6 Å². The van der Waals surface area contributed by atoms with E-state index in [9.17, 15) is 10.2 Å². The number of aliphatic hydroxyl groups is 1. The lowest BCUT2D eigenvalue weighted by Crippen LogP contribution is -2.21. The summed E-state index contributed by atoms with van der Waals surface area (Å²) in [5.41, 5.74) is 2.75. The van der Waals surface area contributed by atoms with E-state index < -0.39 is 0 Å². The molecule has 0 saturated carbocycles. The van der Waals surface area contributed by atoms with E-state index in [1.807, 2.05) is 26.4 Å². The Morgan fingerprint density at radius 1 is 1.32 bits per heavy atom. The molecule has 0 spiro atoms. The Balaban J connectivity index is 1.75. The van der Waals surface area contributed by atoms with Crippen LogP contribution in [0.2, 0.25) is 0 Å². The first-order valence-electron chi connectivity index (χ1n) is 7.54. The zero-order chi connectivity index (χ0) is 15.7. The predicted octanol–water partition coefficient (Wildman–Crippen LogP) is 1.04. The van der Waals surface area contributed by atoms with Gasteiger partial charge < -0.3 is 10.2 Å². The molecule has 1 aliphatic rings. The Morgan fingerprint density at radius 2 is 2.14 bits per heavy atom. The van der Waals surface area contributed by atoms with Gasteiger partial charge in [0.25, 0.3) is 0 Å². The fraction of sp³-hybridized carbons (Fsp3) is 0.500. The van der Waals surface area contributed by atoms with E-state index >= 15 is 0 Å². The Labute approximate surface area is 130 Å². The summed E-state index contributed by atoms with van der Waals surface area (Å²) in [6, 6.07) is 3.49. The van der Waals surface area contributed by atoms with Crippen LogP contribution in [0.3, 0.4) is 0 Å². The maximum absolute atomic E-state index is 9.95. The molecule has 0 radical (unpaired) electrons. The van der Waals surface area contributed by atoms with Crippen molar-refractivity contribution in [3.05, 3.63) is 41.5 Å². The molecule has 2 atom stereocenters. The number of hydrogen-bond donors (Lipinski definition) is 2. The third-order valence-electron chi connectivity index (χ3n) is 4.37. The van der Waals surface area contributed by atoms with Crippen LogP contribution in [-0.2, 0) is 13.6 Å². The summed E-state index contributed by atoms with van der Waals surface area (Å²) in [6.45, 7) is 4.31. The van der Waals surface area contributed by atoms with E-state index in [1.165, 1.54) is 0 Å². The lowest BCUT2D eigenvalue weighted by molar-refractivity contribution is 0.213. The van der Waals surface area contributed by atoms with E-state index in [-0.39, 0.29) is 24.2 Å². The van der Waals surface area contributed by atoms with Crippen LogP contribution in [0.1, 0.15) is 22.9 Å². The molecular weight excluding hydrogens is 280 g/mol. The topological polar surface area (TPSA) is 74.4 Å². The van der Waals surface area contributed by atoms with Gasteiger partial charge in [-0.3, -0.25) is 14.6 Å². The van der Waals surface area contributed by atoms with Crippen LogP contribution < -0.4 is 0 Å². The maximum Gasteiger partial charge on any atom is 0.138 e. The maximum atomic E-state index is 9.95. The summed E-state index contributed by atoms with van der Waals surface area (Å²) in [5.74, 6) is 0.692. The predicted molar refractivity (Wildman–Crippen MR) is 82.4 cm³/mol. The normalized spacial score (nSPS) is 22.3. The van der Waals surface area contributed by atoms with E-state index in [0.29, 0.717) is 12.2 Å². The molecule has 6 heteroatoms. The van der Waals surface area contributed by atoms with Gasteiger partial charge in [0, 0.05) is 57.0 Å². The van der Waals surface area contributed by atoms with E-state index in [4.69, 9.17) is 0 Å². The number of aromatic hydroxyl groups is 1. The van der Waals surface area contributed by atoms with Crippen LogP contribution >= 0.6 is 0 Å². The molecule has 0 aliphatic carbocycles. The molecule has 22 heavy (non-hydrogen) atoms. The highest BCUT2D eigenvalue weighted by Gasteiger charge is 2.34. The molecule has 118 valence electrons. The minimum Gasteiger partial charge on any atom is -0.506 e. The summed E-state index contributed by atoms with van der Waals surface area (Å²) in [6.07, 6.45) is 3.89. The van der Waals surface area contributed by atoms with Crippen LogP contribution in [0, 0.1) is 12.8 Å². The first-order chi connectivity index (χ1) is 10.6. The molecule has 3 rings (SSSR count). The SMILES string of the molecule is Cc1ccc(O)c(CN2C[C@@H](CO)[C@H](c3cnn(C)c3)C2)n1. The molecule has 0 unspecified atom stereocenters. The van der Waals surface area contributed by atoms with Crippen LogP contribution in [0.5, 0.6) is 5.75 Å². The number of aromatic nitrogens is 3. The second-order valence-electron chi connectivity index (χ2n) is 6.11. The molecule has 0 bridgehead atoms. The average Bonchev–Trinajstić information content (AvgIpc) is 3.09. The largest absolute Gasteiger partial charge is 0.506 e. The van der Waals surface area contributed by atoms with Crippen molar-refractivity contribution in [2.45, 2.75) is 19.4 Å². The van der Waals surface area contributed by atoms with Gasteiger partial charge in [-0.1, -0.05) is 0 Å². The molecule has 2 aromatic heterocycles. The summed E-state index contributed by atoms with van der Waals surface area (Å²) >= 11 is 0. The van der Waals surface area contributed by atoms with Crippen molar-refractivity contribution >= 4 is 0 Å². The molecule has 2 N–H and O–H groups in total. The van der Waals surface area contributed by atoms with Crippen molar-refractivity contribution in [1.82, 2.24) is 19.7 Å². The van der Waals surface area contributed by atoms with Gasteiger partial charge >= 0.3 is 0 Å². The third kappa shape index (κ3) is 2.98. The average molecular weight is 302 g/mol. The number of aryl methyl sites for hydroxylation is 2. The summed E-state index contributed by atoms with van der Waals surface area (Å²) in [4.78, 5) is 6.65. The van der Waals surface area contributed by atoms with E-state index in [0.717, 1.165) is 24.3 Å². The Hall–Kier alpha value is -1.92.